The van der Waals surface area contributed by atoms with Crippen LogP contribution in [-0.4, -0.2) is 28.9 Å². The lowest BCUT2D eigenvalue weighted by Crippen LogP contribution is -2.29. The Morgan fingerprint density at radius 1 is 1.53 bits per heavy atom. The summed E-state index contributed by atoms with van der Waals surface area (Å²) in [5.41, 5.74) is 1.91. The zero-order valence-corrected chi connectivity index (χ0v) is 12.0. The van der Waals surface area contributed by atoms with Crippen molar-refractivity contribution in [3.05, 3.63) is 23.0 Å². The van der Waals surface area contributed by atoms with Crippen LogP contribution in [0, 0.1) is 4.77 Å². The second kappa shape index (κ2) is 4.65. The van der Waals surface area contributed by atoms with Crippen molar-refractivity contribution in [2.45, 2.75) is 31.9 Å². The first kappa shape index (κ1) is 12.7. The van der Waals surface area contributed by atoms with Gasteiger partial charge in [-0.25, -0.2) is 0 Å². The van der Waals surface area contributed by atoms with Crippen molar-refractivity contribution < 1.29 is 9.47 Å². The minimum atomic E-state index is -0.115. The highest BCUT2D eigenvalue weighted by Gasteiger charge is 2.31. The van der Waals surface area contributed by atoms with Crippen LogP contribution in [0.4, 0.5) is 0 Å². The summed E-state index contributed by atoms with van der Waals surface area (Å²) in [5, 5.41) is 0. The first-order valence-corrected chi connectivity index (χ1v) is 6.93. The summed E-state index contributed by atoms with van der Waals surface area (Å²) in [6, 6.07) is 5.98. The predicted molar refractivity (Wildman–Crippen MR) is 77.3 cm³/mol. The second-order valence-electron chi connectivity index (χ2n) is 5.27. The Hall–Kier alpha value is -1.33. The zero-order chi connectivity index (χ0) is 13.5. The summed E-state index contributed by atoms with van der Waals surface area (Å²) in [7, 11) is 1.67. The predicted octanol–water partition coefficient (Wildman–Crippen LogP) is 3.28. The van der Waals surface area contributed by atoms with Crippen molar-refractivity contribution in [1.82, 2.24) is 9.55 Å². The maximum Gasteiger partial charge on any atom is 0.178 e. The molecule has 1 unspecified atom stereocenters. The van der Waals surface area contributed by atoms with E-state index in [0.717, 1.165) is 47.5 Å². The number of imidazole rings is 1. The van der Waals surface area contributed by atoms with Gasteiger partial charge in [0, 0.05) is 6.61 Å². The van der Waals surface area contributed by atoms with Crippen LogP contribution in [0.5, 0.6) is 5.75 Å². The third-order valence-electron chi connectivity index (χ3n) is 3.79. The molecule has 5 heteroatoms. The van der Waals surface area contributed by atoms with Crippen molar-refractivity contribution >= 4 is 23.3 Å². The summed E-state index contributed by atoms with van der Waals surface area (Å²) in [6.07, 6.45) is 2.20. The lowest BCUT2D eigenvalue weighted by molar-refractivity contribution is 0.00679. The quantitative estimate of drug-likeness (QED) is 0.876. The minimum Gasteiger partial charge on any atom is -0.494 e. The number of hydrogen-bond donors (Lipinski definition) is 1. The number of aromatic nitrogens is 2. The van der Waals surface area contributed by atoms with Crippen LogP contribution in [0.2, 0.25) is 0 Å². The van der Waals surface area contributed by atoms with Gasteiger partial charge in [0.2, 0.25) is 0 Å². The minimum absolute atomic E-state index is 0.115. The molecule has 0 radical (unpaired) electrons. The largest absolute Gasteiger partial charge is 0.494 e. The molecule has 1 atom stereocenters. The van der Waals surface area contributed by atoms with Crippen molar-refractivity contribution in [3.8, 4) is 5.75 Å². The number of rotatable bonds is 3. The van der Waals surface area contributed by atoms with Crippen molar-refractivity contribution in [2.75, 3.05) is 13.7 Å². The topological polar surface area (TPSA) is 39.2 Å². The fourth-order valence-corrected chi connectivity index (χ4v) is 3.04. The van der Waals surface area contributed by atoms with E-state index in [1.54, 1.807) is 7.11 Å². The van der Waals surface area contributed by atoms with Gasteiger partial charge in [0.1, 0.15) is 11.3 Å². The molecule has 1 aromatic heterocycles. The Balaban J connectivity index is 2.08. The molecule has 19 heavy (non-hydrogen) atoms. The van der Waals surface area contributed by atoms with Gasteiger partial charge in [-0.3, -0.25) is 0 Å². The molecule has 1 aromatic carbocycles. The Bertz CT molecular complexity index is 653. The fourth-order valence-electron chi connectivity index (χ4n) is 2.78. The van der Waals surface area contributed by atoms with E-state index in [-0.39, 0.29) is 5.60 Å². The standard InChI is InChI=1S/C14H18N2O2S/c1-14(7-4-8-18-14)9-16-10-5-3-6-11(17-2)12(10)15-13(16)19/h3,5-6H,4,7-9H2,1-2H3,(H,15,19). The van der Waals surface area contributed by atoms with E-state index in [4.69, 9.17) is 21.7 Å². The molecular weight excluding hydrogens is 260 g/mol. The first-order chi connectivity index (χ1) is 9.13. The molecule has 102 valence electrons. The molecule has 4 nitrogen and oxygen atoms in total. The van der Waals surface area contributed by atoms with E-state index in [1.165, 1.54) is 0 Å². The molecule has 1 fully saturated rings. The number of nitrogens with zero attached hydrogens (tertiary/aromatic N) is 1. The van der Waals surface area contributed by atoms with E-state index in [1.807, 2.05) is 12.1 Å². The molecule has 2 aromatic rings. The third-order valence-corrected chi connectivity index (χ3v) is 4.11. The van der Waals surface area contributed by atoms with E-state index in [2.05, 4.69) is 22.5 Å². The molecule has 2 heterocycles. The normalized spacial score (nSPS) is 23.1. The summed E-state index contributed by atoms with van der Waals surface area (Å²) < 4.78 is 14.1. The van der Waals surface area contributed by atoms with Crippen LogP contribution in [0.15, 0.2) is 18.2 Å². The molecule has 0 aliphatic carbocycles. The van der Waals surface area contributed by atoms with E-state index in [0.29, 0.717) is 0 Å². The first-order valence-electron chi connectivity index (χ1n) is 6.52. The highest BCUT2D eigenvalue weighted by molar-refractivity contribution is 7.71. The lowest BCUT2D eigenvalue weighted by atomic mass is 10.0. The van der Waals surface area contributed by atoms with E-state index >= 15 is 0 Å². The number of fused-ring (bicyclic) bond motifs is 1. The van der Waals surface area contributed by atoms with Crippen LogP contribution in [-0.2, 0) is 11.3 Å². The van der Waals surface area contributed by atoms with Crippen molar-refractivity contribution in [3.63, 3.8) is 0 Å². The molecule has 1 N–H and O–H groups in total. The summed E-state index contributed by atoms with van der Waals surface area (Å²) in [5.74, 6) is 0.819. The van der Waals surface area contributed by atoms with Gasteiger partial charge in [-0.15, -0.1) is 0 Å². The van der Waals surface area contributed by atoms with Gasteiger partial charge in [-0.1, -0.05) is 6.07 Å². The smallest absolute Gasteiger partial charge is 0.178 e. The molecule has 1 aliphatic rings. The summed E-state index contributed by atoms with van der Waals surface area (Å²) >= 11 is 5.44. The van der Waals surface area contributed by atoms with Gasteiger partial charge in [0.25, 0.3) is 0 Å². The van der Waals surface area contributed by atoms with Gasteiger partial charge >= 0.3 is 0 Å². The van der Waals surface area contributed by atoms with Crippen LogP contribution in [0.1, 0.15) is 19.8 Å². The van der Waals surface area contributed by atoms with Crippen molar-refractivity contribution in [1.29, 1.82) is 0 Å². The number of para-hydroxylation sites is 1. The molecule has 1 saturated heterocycles. The lowest BCUT2D eigenvalue weighted by Gasteiger charge is -2.23. The third kappa shape index (κ3) is 2.17. The number of hydrogen-bond acceptors (Lipinski definition) is 3. The zero-order valence-electron chi connectivity index (χ0n) is 11.2. The van der Waals surface area contributed by atoms with E-state index in [9.17, 15) is 0 Å². The van der Waals surface area contributed by atoms with Crippen LogP contribution in [0.25, 0.3) is 11.0 Å². The molecule has 0 amide bonds. The molecule has 0 spiro atoms. The maximum atomic E-state index is 5.86. The molecule has 0 saturated carbocycles. The second-order valence-corrected chi connectivity index (χ2v) is 5.66. The van der Waals surface area contributed by atoms with E-state index < -0.39 is 0 Å². The summed E-state index contributed by atoms with van der Waals surface area (Å²) in [6.45, 7) is 3.77. The maximum absolute atomic E-state index is 5.86. The highest BCUT2D eigenvalue weighted by atomic mass is 32.1. The average Bonchev–Trinajstić information content (AvgIpc) is 2.95. The Morgan fingerprint density at radius 2 is 2.37 bits per heavy atom. The molecule has 3 rings (SSSR count). The molecule has 1 aliphatic heterocycles. The highest BCUT2D eigenvalue weighted by Crippen LogP contribution is 2.30. The number of aromatic amines is 1. The Kier molecular flexibility index (Phi) is 3.11. The number of benzene rings is 1. The van der Waals surface area contributed by atoms with Gasteiger partial charge in [0.15, 0.2) is 4.77 Å². The van der Waals surface area contributed by atoms with Crippen molar-refractivity contribution in [2.24, 2.45) is 0 Å². The average molecular weight is 278 g/mol. The Labute approximate surface area is 117 Å². The van der Waals surface area contributed by atoms with Gasteiger partial charge < -0.3 is 19.0 Å². The number of nitrogens with one attached hydrogen (secondary N) is 1. The van der Waals surface area contributed by atoms with Gasteiger partial charge in [-0.05, 0) is 44.1 Å². The Morgan fingerprint density at radius 3 is 3.05 bits per heavy atom. The molecular formula is C14H18N2O2S. The number of H-pyrrole nitrogens is 1. The number of methoxy groups -OCH3 is 1. The van der Waals surface area contributed by atoms with Crippen LogP contribution < -0.4 is 4.74 Å². The molecule has 0 bridgehead atoms. The fraction of sp³-hybridized carbons (Fsp3) is 0.500. The van der Waals surface area contributed by atoms with Crippen LogP contribution >= 0.6 is 12.2 Å². The summed E-state index contributed by atoms with van der Waals surface area (Å²) in [4.78, 5) is 3.23. The van der Waals surface area contributed by atoms with Crippen LogP contribution in [0.3, 0.4) is 0 Å². The SMILES string of the molecule is COc1cccc2c1[nH]c(=S)n2CC1(C)CCCO1. The monoisotopic (exact) mass is 278 g/mol. The van der Waals surface area contributed by atoms with Gasteiger partial charge in [-0.2, -0.15) is 0 Å². The van der Waals surface area contributed by atoms with Gasteiger partial charge in [0.05, 0.1) is 24.8 Å². The number of ether oxygens (including phenoxy) is 2.